The van der Waals surface area contributed by atoms with Crippen molar-refractivity contribution in [3.05, 3.63) is 29.6 Å². The second kappa shape index (κ2) is 5.97. The second-order valence-electron chi connectivity index (χ2n) is 3.50. The maximum atomic E-state index is 13.5. The van der Waals surface area contributed by atoms with Crippen LogP contribution in [0.1, 0.15) is 10.4 Å². The summed E-state index contributed by atoms with van der Waals surface area (Å²) in [7, 11) is 1.24. The number of methoxy groups -OCH3 is 1. The summed E-state index contributed by atoms with van der Waals surface area (Å²) in [5.74, 6) is -2.58. The summed E-state index contributed by atoms with van der Waals surface area (Å²) in [5, 5.41) is 11.3. The molecule has 1 unspecified atom stereocenters. The molecule has 18 heavy (non-hydrogen) atoms. The van der Waals surface area contributed by atoms with Gasteiger partial charge in [-0.15, -0.1) is 0 Å². The monoisotopic (exact) mass is 256 g/mol. The summed E-state index contributed by atoms with van der Waals surface area (Å²) >= 11 is 0. The molecule has 0 aliphatic carbocycles. The third kappa shape index (κ3) is 3.42. The molecule has 0 bridgehead atoms. The van der Waals surface area contributed by atoms with Gasteiger partial charge in [-0.2, -0.15) is 0 Å². The number of hydrogen-bond donors (Lipinski definition) is 3. The Bertz CT molecular complexity index is 464. The molecular weight excluding hydrogens is 243 g/mol. The number of anilines is 1. The zero-order chi connectivity index (χ0) is 13.7. The smallest absolute Gasteiger partial charge is 0.334 e. The average molecular weight is 256 g/mol. The molecule has 1 atom stereocenters. The molecule has 6 nitrogen and oxygen atoms in total. The number of primary amides is 1. The van der Waals surface area contributed by atoms with E-state index in [9.17, 15) is 14.0 Å². The Morgan fingerprint density at radius 2 is 2.22 bits per heavy atom. The fourth-order valence-corrected chi connectivity index (χ4v) is 1.29. The fourth-order valence-electron chi connectivity index (χ4n) is 1.29. The largest absolute Gasteiger partial charge is 0.479 e. The number of carbonyl (C=O) groups excluding carboxylic acids is 1. The van der Waals surface area contributed by atoms with E-state index in [4.69, 9.17) is 10.8 Å². The summed E-state index contributed by atoms with van der Waals surface area (Å²) in [5.41, 5.74) is 5.11. The third-order valence-corrected chi connectivity index (χ3v) is 2.29. The van der Waals surface area contributed by atoms with E-state index in [2.05, 4.69) is 10.1 Å². The standard InChI is InChI=1S/C11H13FN2O4/c1-18-9(11(16)17)5-14-8-3-2-6(10(13)15)4-7(8)12/h2-4,9,14H,5H2,1H3,(H2,13,15)(H,16,17). The molecule has 1 aromatic carbocycles. The van der Waals surface area contributed by atoms with Crippen molar-refractivity contribution >= 4 is 17.6 Å². The lowest BCUT2D eigenvalue weighted by molar-refractivity contribution is -0.147. The molecule has 0 radical (unpaired) electrons. The molecule has 4 N–H and O–H groups in total. The number of nitrogens with two attached hydrogens (primary N) is 1. The molecule has 0 heterocycles. The van der Waals surface area contributed by atoms with Crippen LogP contribution >= 0.6 is 0 Å². The number of halogens is 1. The number of carbonyl (C=O) groups is 2. The van der Waals surface area contributed by atoms with Crippen LogP contribution in [0.5, 0.6) is 0 Å². The van der Waals surface area contributed by atoms with Crippen molar-refractivity contribution in [2.75, 3.05) is 19.0 Å². The van der Waals surface area contributed by atoms with E-state index in [0.29, 0.717) is 0 Å². The van der Waals surface area contributed by atoms with Crippen LogP contribution in [0.4, 0.5) is 10.1 Å². The summed E-state index contributed by atoms with van der Waals surface area (Å²) in [6, 6.07) is 3.63. The van der Waals surface area contributed by atoms with E-state index in [0.717, 1.165) is 6.07 Å². The predicted octanol–water partition coefficient (Wildman–Crippen LogP) is 0.436. The van der Waals surface area contributed by atoms with E-state index >= 15 is 0 Å². The lowest BCUT2D eigenvalue weighted by atomic mass is 10.2. The van der Waals surface area contributed by atoms with Crippen molar-refractivity contribution < 1.29 is 23.8 Å². The summed E-state index contributed by atoms with van der Waals surface area (Å²) in [6.07, 6.45) is -1.08. The molecule has 1 rings (SSSR count). The van der Waals surface area contributed by atoms with Crippen LogP contribution in [-0.2, 0) is 9.53 Å². The number of rotatable bonds is 6. The van der Waals surface area contributed by atoms with Gasteiger partial charge in [0.2, 0.25) is 5.91 Å². The highest BCUT2D eigenvalue weighted by atomic mass is 19.1. The summed E-state index contributed by atoms with van der Waals surface area (Å²) < 4.78 is 18.2. The van der Waals surface area contributed by atoms with Crippen LogP contribution in [-0.4, -0.2) is 36.7 Å². The number of aliphatic carboxylic acids is 1. The van der Waals surface area contributed by atoms with Crippen LogP contribution < -0.4 is 11.1 Å². The van der Waals surface area contributed by atoms with Crippen molar-refractivity contribution in [2.24, 2.45) is 5.73 Å². The topological polar surface area (TPSA) is 102 Å². The average Bonchev–Trinajstić information content (AvgIpc) is 2.30. The van der Waals surface area contributed by atoms with Crippen LogP contribution in [0.15, 0.2) is 18.2 Å². The number of hydrogen-bond acceptors (Lipinski definition) is 4. The number of nitrogens with one attached hydrogen (secondary N) is 1. The number of amides is 1. The van der Waals surface area contributed by atoms with Gasteiger partial charge in [-0.1, -0.05) is 0 Å². The molecule has 0 aliphatic rings. The quantitative estimate of drug-likeness (QED) is 0.685. The van der Waals surface area contributed by atoms with Gasteiger partial charge >= 0.3 is 5.97 Å². The third-order valence-electron chi connectivity index (χ3n) is 2.29. The first-order chi connectivity index (χ1) is 8.45. The van der Waals surface area contributed by atoms with Crippen molar-refractivity contribution in [3.63, 3.8) is 0 Å². The Balaban J connectivity index is 2.74. The Morgan fingerprint density at radius 3 is 2.67 bits per heavy atom. The molecule has 0 spiro atoms. The van der Waals surface area contributed by atoms with E-state index < -0.39 is 23.8 Å². The van der Waals surface area contributed by atoms with E-state index in [1.165, 1.54) is 19.2 Å². The van der Waals surface area contributed by atoms with Gasteiger partial charge in [0.25, 0.3) is 0 Å². The Hall–Kier alpha value is -2.15. The molecule has 1 aromatic rings. The number of carboxylic acids is 1. The minimum atomic E-state index is -1.15. The Morgan fingerprint density at radius 1 is 1.56 bits per heavy atom. The number of benzene rings is 1. The van der Waals surface area contributed by atoms with Gasteiger partial charge in [-0.05, 0) is 18.2 Å². The summed E-state index contributed by atoms with van der Waals surface area (Å²) in [6.45, 7) is -0.0985. The number of ether oxygens (including phenoxy) is 1. The van der Waals surface area contributed by atoms with Gasteiger partial charge in [0.05, 0.1) is 12.2 Å². The van der Waals surface area contributed by atoms with Crippen molar-refractivity contribution in [1.82, 2.24) is 0 Å². The molecule has 7 heteroatoms. The first-order valence-electron chi connectivity index (χ1n) is 5.04. The van der Waals surface area contributed by atoms with Crippen LogP contribution in [0, 0.1) is 5.82 Å². The van der Waals surface area contributed by atoms with Crippen LogP contribution in [0.2, 0.25) is 0 Å². The highest BCUT2D eigenvalue weighted by Crippen LogP contribution is 2.15. The maximum Gasteiger partial charge on any atom is 0.334 e. The Labute approximate surface area is 103 Å². The van der Waals surface area contributed by atoms with Gasteiger partial charge in [-0.25, -0.2) is 9.18 Å². The van der Waals surface area contributed by atoms with Gasteiger partial charge in [0.15, 0.2) is 6.10 Å². The number of carboxylic acid groups (broad SMARTS) is 1. The van der Waals surface area contributed by atoms with Gasteiger partial charge in [-0.3, -0.25) is 4.79 Å². The molecule has 0 saturated carbocycles. The van der Waals surface area contributed by atoms with E-state index in [1.807, 2.05) is 0 Å². The highest BCUT2D eigenvalue weighted by molar-refractivity contribution is 5.93. The van der Waals surface area contributed by atoms with Gasteiger partial charge in [0.1, 0.15) is 5.82 Å². The molecule has 98 valence electrons. The first-order valence-corrected chi connectivity index (χ1v) is 5.04. The lowest BCUT2D eigenvalue weighted by Gasteiger charge is -2.13. The maximum absolute atomic E-state index is 13.5. The Kier molecular flexibility index (Phi) is 4.61. The van der Waals surface area contributed by atoms with Gasteiger partial charge in [0, 0.05) is 12.7 Å². The van der Waals surface area contributed by atoms with E-state index in [1.54, 1.807) is 0 Å². The van der Waals surface area contributed by atoms with E-state index in [-0.39, 0.29) is 17.8 Å². The molecule has 0 aliphatic heterocycles. The molecule has 0 saturated heterocycles. The first kappa shape index (κ1) is 13.9. The minimum Gasteiger partial charge on any atom is -0.479 e. The molecule has 1 amide bonds. The predicted molar refractivity (Wildman–Crippen MR) is 61.8 cm³/mol. The van der Waals surface area contributed by atoms with Crippen molar-refractivity contribution in [2.45, 2.75) is 6.10 Å². The molecular formula is C11H13FN2O4. The lowest BCUT2D eigenvalue weighted by Crippen LogP contribution is -2.30. The fraction of sp³-hybridized carbons (Fsp3) is 0.273. The van der Waals surface area contributed by atoms with Crippen molar-refractivity contribution in [3.8, 4) is 0 Å². The minimum absolute atomic E-state index is 0.0413. The zero-order valence-corrected chi connectivity index (χ0v) is 9.64. The zero-order valence-electron chi connectivity index (χ0n) is 9.64. The molecule has 0 aromatic heterocycles. The van der Waals surface area contributed by atoms with Crippen LogP contribution in [0.3, 0.4) is 0 Å². The van der Waals surface area contributed by atoms with Crippen molar-refractivity contribution in [1.29, 1.82) is 0 Å². The summed E-state index contributed by atoms with van der Waals surface area (Å²) in [4.78, 5) is 21.5. The molecule has 0 fully saturated rings. The normalized spacial score (nSPS) is 11.9. The SMILES string of the molecule is COC(CNc1ccc(C(N)=O)cc1F)C(=O)O. The second-order valence-corrected chi connectivity index (χ2v) is 3.50. The van der Waals surface area contributed by atoms with Crippen LogP contribution in [0.25, 0.3) is 0 Å². The highest BCUT2D eigenvalue weighted by Gasteiger charge is 2.16. The van der Waals surface area contributed by atoms with Gasteiger partial charge < -0.3 is 20.9 Å².